The van der Waals surface area contributed by atoms with Gasteiger partial charge in [0.25, 0.3) is 0 Å². The van der Waals surface area contributed by atoms with E-state index in [-0.39, 0.29) is 114 Å². The minimum Gasteiger partial charge on any atom is -0.497 e. The number of ether oxygens (including phenoxy) is 1. The van der Waals surface area contributed by atoms with E-state index in [0.29, 0.717) is 57.1 Å². The number of carbonyl (C=O) groups excluding carboxylic acids is 15. The summed E-state index contributed by atoms with van der Waals surface area (Å²) in [4.78, 5) is 262. The average molecular weight is 1740 g/mol. The summed E-state index contributed by atoms with van der Waals surface area (Å²) in [6, 6.07) is 3.65. The largest absolute Gasteiger partial charge is 0.497 e. The van der Waals surface area contributed by atoms with E-state index >= 15 is 24.0 Å². The summed E-state index contributed by atoms with van der Waals surface area (Å²) in [5.74, 6) is -16.1. The molecule has 41 heteroatoms. The van der Waals surface area contributed by atoms with Crippen LogP contribution in [0.15, 0.2) is 97.7 Å². The molecule has 0 saturated carbocycles. The number of carboxylic acids is 2. The standard InChI is InChI=1S/C83H110N20O20S/c1-6-7-20-64-77(116)93-56(19-12-29-84)73(112)87-30-33-124-45-69(106)92-61(34-47-23-25-51(123-5)26-24-47)80(119)99(2)43-68(105)91-63(38-67(85)104)83(122)103-32-14-22-66(103)79(118)97-59(37-50-42-86-46-90-50)75(114)94-57(27-28-71(108)109)82(121)102-31-13-21-65(102)78(117)96-58(35-48-40-88-54-17-10-8-15-52(48)54)74(113)95-60(39-72(110)111)76(115)98-62(81(120)100(3)44-70(107)101(64)4)36-49-41-89-55-18-11-9-16-53(49)55/h8-11,15-18,23-26,40-42,46,56-66,88-89H,6-7,12-14,19-22,27-39,43-45,84H2,1-5H3,(H2,85,104)(H,86,90)(H,87,112)(H,91,105)(H,92,106)(H,93,116)(H,94,114)(H,95,113)(H,96,117)(H,97,118)(H,98,115)(H,108,109)(H,110,111)/t56-,57-,58-,59-,60-,61-,62-,63-,64-,65?,66?/m0/s1. The molecule has 2 unspecified atom stereocenters. The lowest BCUT2D eigenvalue weighted by atomic mass is 10.0. The van der Waals surface area contributed by atoms with Gasteiger partial charge in [-0.2, -0.15) is 11.8 Å². The third kappa shape index (κ3) is 26.5. The number of nitrogens with one attached hydrogen (secondary N) is 12. The Morgan fingerprint density at radius 3 is 1.63 bits per heavy atom. The Balaban J connectivity index is 1.04. The number of hydrogen-bond acceptors (Lipinski definition) is 21. The van der Waals surface area contributed by atoms with Gasteiger partial charge in [0.15, 0.2) is 0 Å². The summed E-state index contributed by atoms with van der Waals surface area (Å²) in [6.07, 6.45) is 3.23. The van der Waals surface area contributed by atoms with Crippen LogP contribution in [0.4, 0.5) is 0 Å². The Morgan fingerprint density at radius 1 is 0.532 bits per heavy atom. The number of aromatic nitrogens is 4. The maximum absolute atomic E-state index is 15.2. The topological polar surface area (TPSA) is 577 Å². The van der Waals surface area contributed by atoms with E-state index in [1.807, 2.05) is 6.92 Å². The van der Waals surface area contributed by atoms with Crippen molar-refractivity contribution in [3.05, 3.63) is 120 Å². The van der Waals surface area contributed by atoms with Gasteiger partial charge < -0.3 is 114 Å². The molecule has 0 bridgehead atoms. The fraction of sp³-hybridized carbons (Fsp3) is 0.494. The molecule has 3 aromatic heterocycles. The van der Waals surface area contributed by atoms with Gasteiger partial charge in [-0.3, -0.25) is 81.5 Å². The zero-order valence-corrected chi connectivity index (χ0v) is 70.6. The number of aromatic amines is 3. The Labute approximate surface area is 718 Å². The van der Waals surface area contributed by atoms with Crippen molar-refractivity contribution in [1.82, 2.24) is 92.3 Å². The van der Waals surface area contributed by atoms with Crippen LogP contribution in [0.5, 0.6) is 5.75 Å². The molecular weight excluding hydrogens is 1630 g/mol. The fourth-order valence-corrected chi connectivity index (χ4v) is 16.0. The van der Waals surface area contributed by atoms with E-state index in [1.165, 1.54) is 40.8 Å². The lowest BCUT2D eigenvalue weighted by Crippen LogP contribution is -2.61. The van der Waals surface area contributed by atoms with Crippen LogP contribution in [-0.2, 0) is 107 Å². The van der Waals surface area contributed by atoms with Gasteiger partial charge in [0, 0.05) is 125 Å². The molecule has 3 fully saturated rings. The second-order valence-electron chi connectivity index (χ2n) is 31.0. The third-order valence-corrected chi connectivity index (χ3v) is 22.8. The van der Waals surface area contributed by atoms with Crippen LogP contribution in [0.25, 0.3) is 21.8 Å². The summed E-state index contributed by atoms with van der Waals surface area (Å²) >= 11 is 1.08. The van der Waals surface area contributed by atoms with Crippen molar-refractivity contribution >= 4 is 134 Å². The predicted molar refractivity (Wildman–Crippen MR) is 451 cm³/mol. The number of nitrogens with zero attached hydrogens (tertiary/aromatic N) is 6. The van der Waals surface area contributed by atoms with E-state index < -0.39 is 206 Å². The third-order valence-electron chi connectivity index (χ3n) is 21.9. The molecule has 6 aromatic rings. The number of imidazole rings is 1. The zero-order valence-electron chi connectivity index (χ0n) is 69.8. The van der Waals surface area contributed by atoms with Gasteiger partial charge in [0.1, 0.15) is 72.2 Å². The van der Waals surface area contributed by atoms with E-state index in [4.69, 9.17) is 16.2 Å². The number of para-hydroxylation sites is 2. The number of amides is 15. The highest BCUT2D eigenvalue weighted by Crippen LogP contribution is 2.27. The number of unbranched alkanes of at least 4 members (excludes halogenated alkanes) is 1. The number of carboxylic acid groups (broad SMARTS) is 2. The first-order valence-electron chi connectivity index (χ1n) is 41.1. The second kappa shape index (κ2) is 45.8. The molecule has 3 aliphatic heterocycles. The first kappa shape index (κ1) is 94.9. The molecule has 40 nitrogen and oxygen atoms in total. The number of benzene rings is 3. The van der Waals surface area contributed by atoms with Crippen molar-refractivity contribution in [3.8, 4) is 5.75 Å². The molecule has 3 aromatic carbocycles. The average Bonchev–Trinajstić information content (AvgIpc) is 1.60. The van der Waals surface area contributed by atoms with E-state index in [0.717, 1.165) is 36.3 Å². The van der Waals surface area contributed by atoms with Gasteiger partial charge in [0.05, 0.1) is 45.1 Å². The summed E-state index contributed by atoms with van der Waals surface area (Å²) in [7, 11) is 5.35. The lowest BCUT2D eigenvalue weighted by molar-refractivity contribution is -0.145. The Kier molecular flexibility index (Phi) is 35.0. The minimum absolute atomic E-state index is 0.0189. The van der Waals surface area contributed by atoms with Crippen LogP contribution in [0, 0.1) is 0 Å². The summed E-state index contributed by atoms with van der Waals surface area (Å²) in [6.45, 7) is 0.250. The summed E-state index contributed by atoms with van der Waals surface area (Å²) in [5, 5.41) is 45.6. The minimum atomic E-state index is -2.00. The normalized spacial score (nSPS) is 23.5. The molecule has 6 heterocycles. The van der Waals surface area contributed by atoms with E-state index in [9.17, 15) is 67.7 Å². The van der Waals surface area contributed by atoms with Crippen molar-refractivity contribution in [2.45, 2.75) is 183 Å². The van der Waals surface area contributed by atoms with Crippen LogP contribution >= 0.6 is 11.8 Å². The number of primary amides is 1. The Morgan fingerprint density at radius 2 is 1.06 bits per heavy atom. The van der Waals surface area contributed by atoms with Gasteiger partial charge in [-0.1, -0.05) is 68.3 Å². The molecular formula is C83H110N20O20S. The van der Waals surface area contributed by atoms with E-state index in [1.54, 1.807) is 85.2 Å². The quantitative estimate of drug-likeness (QED) is 0.0359. The van der Waals surface area contributed by atoms with Gasteiger partial charge in [-0.15, -0.1) is 0 Å². The SMILES string of the molecule is CCCC[C@H]1C(=O)N[C@@H](CCCN)C(=O)NCCSCC(=O)N[C@@H](Cc2ccc(OC)cc2)C(=O)N(C)CC(=O)N[C@@H](CC(N)=O)C(=O)N2CCCC2C(=O)N[C@@H](Cc2cnc[nH]2)C(=O)N[C@@H](CCC(=O)O)C(=O)N2CCCC2C(=O)N[C@@H](Cc2c[nH]c3ccccc23)C(=O)N[C@@H](CC(=O)O)C(=O)N[C@@H](Cc2c[nH]c3ccccc23)C(=O)N(C)CC(=O)N1C. The molecule has 0 radical (unpaired) electrons. The van der Waals surface area contributed by atoms with Gasteiger partial charge in [-0.25, -0.2) is 4.98 Å². The monoisotopic (exact) mass is 1740 g/mol. The molecule has 15 amide bonds. The number of hydrogen-bond donors (Lipinski definition) is 16. The van der Waals surface area contributed by atoms with Gasteiger partial charge >= 0.3 is 11.9 Å². The number of H-pyrrole nitrogens is 3. The maximum atomic E-state index is 15.2. The zero-order chi connectivity index (χ0) is 89.8. The second-order valence-corrected chi connectivity index (χ2v) is 32.1. The molecule has 668 valence electrons. The maximum Gasteiger partial charge on any atom is 0.305 e. The number of carbonyl (C=O) groups is 17. The molecule has 11 atom stereocenters. The predicted octanol–water partition coefficient (Wildman–Crippen LogP) is -1.74. The number of thioether (sulfide) groups is 1. The van der Waals surface area contributed by atoms with Crippen LogP contribution in [-0.4, -0.2) is 301 Å². The number of nitrogens with two attached hydrogens (primary N) is 2. The smallest absolute Gasteiger partial charge is 0.305 e. The van der Waals surface area contributed by atoms with Crippen molar-refractivity contribution in [2.75, 3.05) is 79.0 Å². The highest BCUT2D eigenvalue weighted by Gasteiger charge is 2.44. The number of rotatable bonds is 22. The first-order valence-corrected chi connectivity index (χ1v) is 42.3. The van der Waals surface area contributed by atoms with Crippen molar-refractivity contribution < 1.29 is 96.5 Å². The summed E-state index contributed by atoms with van der Waals surface area (Å²) < 4.78 is 5.31. The number of methoxy groups -OCH3 is 1. The van der Waals surface area contributed by atoms with Crippen molar-refractivity contribution in [1.29, 1.82) is 0 Å². The number of fused-ring (bicyclic) bond motifs is 4. The molecule has 0 aliphatic carbocycles. The van der Waals surface area contributed by atoms with Crippen LogP contribution in [0.1, 0.15) is 113 Å². The molecule has 0 spiro atoms. The van der Waals surface area contributed by atoms with Crippen LogP contribution < -0.4 is 64.1 Å². The number of likely N-dealkylation sites (N-methyl/N-ethyl adjacent to an activating group) is 3. The van der Waals surface area contributed by atoms with Crippen LogP contribution in [0.3, 0.4) is 0 Å². The van der Waals surface area contributed by atoms with Crippen molar-refractivity contribution in [3.63, 3.8) is 0 Å². The molecule has 3 aliphatic rings. The van der Waals surface area contributed by atoms with Crippen molar-refractivity contribution in [2.24, 2.45) is 11.5 Å². The first-order chi connectivity index (χ1) is 59.3. The lowest BCUT2D eigenvalue weighted by Gasteiger charge is -2.32. The van der Waals surface area contributed by atoms with Gasteiger partial charge in [-0.05, 0) is 98.9 Å². The summed E-state index contributed by atoms with van der Waals surface area (Å²) in [5.41, 5.74) is 14.6. The van der Waals surface area contributed by atoms with Gasteiger partial charge in [0.2, 0.25) is 88.6 Å². The highest BCUT2D eigenvalue weighted by molar-refractivity contribution is 7.99. The molecule has 18 N–H and O–H groups in total. The fourth-order valence-electron chi connectivity index (χ4n) is 15.3. The van der Waals surface area contributed by atoms with E-state index in [2.05, 4.69) is 67.8 Å². The molecule has 124 heavy (non-hydrogen) atoms. The molecule has 3 saturated heterocycles. The number of aliphatic carboxylic acids is 2. The Hall–Kier alpha value is -13.0. The Bertz CT molecular complexity index is 4830. The van der Waals surface area contributed by atoms with Crippen LogP contribution in [0.2, 0.25) is 0 Å². The molecule has 9 rings (SSSR count). The highest BCUT2D eigenvalue weighted by atomic mass is 32.2.